The molecule has 0 unspecified atom stereocenters. The van der Waals surface area contributed by atoms with Crippen LogP contribution < -0.4 is 4.74 Å². The minimum Gasteiger partial charge on any atom is -0.449 e. The highest BCUT2D eigenvalue weighted by Crippen LogP contribution is 2.36. The Morgan fingerprint density at radius 3 is 2.03 bits per heavy atom. The van der Waals surface area contributed by atoms with Crippen molar-refractivity contribution in [3.05, 3.63) is 108 Å². The number of hydrogen-bond acceptors (Lipinski definition) is 8. The molecule has 0 aliphatic rings. The molecule has 0 atom stereocenters. The van der Waals surface area contributed by atoms with E-state index in [0.717, 1.165) is 18.2 Å². The Morgan fingerprint density at radius 1 is 0.812 bits per heavy atom. The number of para-hydroxylation sites is 1. The van der Waals surface area contributed by atoms with Crippen LogP contribution in [0.4, 0.5) is 17.1 Å². The maximum atomic E-state index is 11.4. The fourth-order valence-electron chi connectivity index (χ4n) is 2.76. The maximum absolute atomic E-state index is 11.4. The first-order chi connectivity index (χ1) is 15.3. The van der Waals surface area contributed by atoms with E-state index < -0.39 is 26.1 Å². The van der Waals surface area contributed by atoms with Crippen molar-refractivity contribution in [3.8, 4) is 17.6 Å². The second-order valence-corrected chi connectivity index (χ2v) is 6.28. The van der Waals surface area contributed by atoms with Crippen molar-refractivity contribution in [2.24, 2.45) is 0 Å². The van der Waals surface area contributed by atoms with Gasteiger partial charge in [0.25, 0.3) is 11.4 Å². The molecule has 158 valence electrons. The lowest BCUT2D eigenvalue weighted by Crippen LogP contribution is -1.97. The number of nitro groups is 3. The summed E-state index contributed by atoms with van der Waals surface area (Å²) in [6.07, 6.45) is 1.47. The Morgan fingerprint density at radius 2 is 1.44 bits per heavy atom. The molecule has 0 fully saturated rings. The van der Waals surface area contributed by atoms with Gasteiger partial charge in [0, 0.05) is 23.8 Å². The van der Waals surface area contributed by atoms with Gasteiger partial charge in [-0.1, -0.05) is 18.2 Å². The molecule has 0 saturated heterocycles. The van der Waals surface area contributed by atoms with Crippen molar-refractivity contribution in [1.29, 1.82) is 5.26 Å². The van der Waals surface area contributed by atoms with Crippen LogP contribution in [0.1, 0.15) is 11.1 Å². The number of hydrogen-bond donors (Lipinski definition) is 0. The van der Waals surface area contributed by atoms with Crippen molar-refractivity contribution >= 4 is 28.7 Å². The smallest absolute Gasteiger partial charge is 0.318 e. The monoisotopic (exact) mass is 432 g/mol. The Kier molecular flexibility index (Phi) is 6.17. The largest absolute Gasteiger partial charge is 0.449 e. The van der Waals surface area contributed by atoms with E-state index in [1.807, 2.05) is 6.07 Å². The Balaban J connectivity index is 2.01. The Hall–Kier alpha value is -5.11. The Bertz CT molecular complexity index is 1290. The molecule has 32 heavy (non-hydrogen) atoms. The van der Waals surface area contributed by atoms with E-state index in [4.69, 9.17) is 4.74 Å². The normalized spacial score (nSPS) is 10.8. The Labute approximate surface area is 179 Å². The van der Waals surface area contributed by atoms with Gasteiger partial charge in [-0.05, 0) is 35.9 Å². The van der Waals surface area contributed by atoms with E-state index in [2.05, 4.69) is 0 Å². The summed E-state index contributed by atoms with van der Waals surface area (Å²) in [5.74, 6) is -0.0468. The number of nitrogens with zero attached hydrogens (tertiary/aromatic N) is 4. The average molecular weight is 432 g/mol. The van der Waals surface area contributed by atoms with Crippen LogP contribution in [-0.4, -0.2) is 14.8 Å². The lowest BCUT2D eigenvalue weighted by molar-refractivity contribution is -0.394. The molecule has 0 aliphatic heterocycles. The molecule has 0 aliphatic carbocycles. The summed E-state index contributed by atoms with van der Waals surface area (Å²) in [6.45, 7) is 0. The number of ether oxygens (including phenoxy) is 1. The molecule has 11 nitrogen and oxygen atoms in total. The van der Waals surface area contributed by atoms with Crippen LogP contribution in [0.2, 0.25) is 0 Å². The first kappa shape index (κ1) is 21.6. The van der Waals surface area contributed by atoms with Crippen LogP contribution in [0.3, 0.4) is 0 Å². The summed E-state index contributed by atoms with van der Waals surface area (Å²) >= 11 is 0. The maximum Gasteiger partial charge on any atom is 0.318 e. The number of non-ortho nitro benzene ring substituents is 2. The average Bonchev–Trinajstić information content (AvgIpc) is 2.78. The van der Waals surface area contributed by atoms with Crippen LogP contribution in [0.15, 0.2) is 66.7 Å². The van der Waals surface area contributed by atoms with Crippen LogP contribution in [0, 0.1) is 41.7 Å². The van der Waals surface area contributed by atoms with E-state index in [-0.39, 0.29) is 22.8 Å². The third-order valence-corrected chi connectivity index (χ3v) is 4.30. The molecule has 0 spiro atoms. The van der Waals surface area contributed by atoms with Gasteiger partial charge in [-0.15, -0.1) is 0 Å². The SMILES string of the molecule is N#C/C(=C\c1ccccc1Oc1ccc([N+](=O)[O-])cc1[N+](=O)[O-])c1ccc([N+](=O)[O-])cc1. The van der Waals surface area contributed by atoms with Crippen LogP contribution in [0.5, 0.6) is 11.5 Å². The zero-order valence-corrected chi connectivity index (χ0v) is 16.1. The van der Waals surface area contributed by atoms with Gasteiger partial charge in [0.15, 0.2) is 0 Å². The predicted molar refractivity (Wildman–Crippen MR) is 113 cm³/mol. The molecule has 11 heteroatoms. The first-order valence-corrected chi connectivity index (χ1v) is 8.86. The number of allylic oxidation sites excluding steroid dienone is 1. The highest BCUT2D eigenvalue weighted by Gasteiger charge is 2.22. The third-order valence-electron chi connectivity index (χ3n) is 4.30. The topological polar surface area (TPSA) is 162 Å². The van der Waals surface area contributed by atoms with Gasteiger partial charge in [-0.25, -0.2) is 0 Å². The van der Waals surface area contributed by atoms with Crippen LogP contribution in [-0.2, 0) is 0 Å². The molecule has 0 N–H and O–H groups in total. The molecular weight excluding hydrogens is 420 g/mol. The molecule has 0 saturated carbocycles. The second kappa shape index (κ2) is 9.14. The molecule has 0 heterocycles. The predicted octanol–water partition coefficient (Wildman–Crippen LogP) is 5.27. The van der Waals surface area contributed by atoms with Crippen LogP contribution in [0.25, 0.3) is 11.6 Å². The fraction of sp³-hybridized carbons (Fsp3) is 0. The van der Waals surface area contributed by atoms with E-state index in [0.29, 0.717) is 11.1 Å². The molecule has 0 bridgehead atoms. The summed E-state index contributed by atoms with van der Waals surface area (Å²) in [5, 5.41) is 42.6. The zero-order chi connectivity index (χ0) is 23.3. The molecule has 3 aromatic carbocycles. The van der Waals surface area contributed by atoms with Crippen molar-refractivity contribution in [2.45, 2.75) is 0 Å². The molecular formula is C21H12N4O7. The van der Waals surface area contributed by atoms with Crippen molar-refractivity contribution < 1.29 is 19.5 Å². The van der Waals surface area contributed by atoms with Crippen molar-refractivity contribution in [3.63, 3.8) is 0 Å². The summed E-state index contributed by atoms with van der Waals surface area (Å²) in [7, 11) is 0. The van der Waals surface area contributed by atoms with Gasteiger partial charge in [0.1, 0.15) is 5.75 Å². The molecule has 0 amide bonds. The minimum atomic E-state index is -0.793. The lowest BCUT2D eigenvalue weighted by atomic mass is 10.0. The number of rotatable bonds is 7. The second-order valence-electron chi connectivity index (χ2n) is 6.28. The van der Waals surface area contributed by atoms with Gasteiger partial charge in [-0.3, -0.25) is 30.3 Å². The molecule has 0 radical (unpaired) electrons. The summed E-state index contributed by atoms with van der Waals surface area (Å²) in [6, 6.07) is 16.8. The lowest BCUT2D eigenvalue weighted by Gasteiger charge is -2.10. The summed E-state index contributed by atoms with van der Waals surface area (Å²) < 4.78 is 5.66. The van der Waals surface area contributed by atoms with Gasteiger partial charge < -0.3 is 4.74 Å². The zero-order valence-electron chi connectivity index (χ0n) is 16.1. The van der Waals surface area contributed by atoms with Gasteiger partial charge in [0.05, 0.1) is 32.5 Å². The van der Waals surface area contributed by atoms with Gasteiger partial charge in [-0.2, -0.15) is 5.26 Å². The summed E-state index contributed by atoms with van der Waals surface area (Å²) in [5.41, 5.74) is -0.172. The quantitative estimate of drug-likeness (QED) is 0.211. The highest BCUT2D eigenvalue weighted by molar-refractivity contribution is 5.90. The van der Waals surface area contributed by atoms with E-state index in [9.17, 15) is 35.6 Å². The van der Waals surface area contributed by atoms with Crippen molar-refractivity contribution in [2.75, 3.05) is 0 Å². The number of nitro benzene ring substituents is 3. The van der Waals surface area contributed by atoms with E-state index in [1.54, 1.807) is 18.2 Å². The van der Waals surface area contributed by atoms with Crippen LogP contribution >= 0.6 is 0 Å². The highest BCUT2D eigenvalue weighted by atomic mass is 16.6. The fourth-order valence-corrected chi connectivity index (χ4v) is 2.76. The molecule has 0 aromatic heterocycles. The number of benzene rings is 3. The first-order valence-electron chi connectivity index (χ1n) is 8.86. The molecule has 3 rings (SSSR count). The van der Waals surface area contributed by atoms with E-state index >= 15 is 0 Å². The number of nitriles is 1. The molecule has 3 aromatic rings. The standard InChI is InChI=1S/C21H12N4O7/c22-13-16(14-5-7-17(8-6-14)23(26)27)11-15-3-1-2-4-20(15)32-21-10-9-18(24(28)29)12-19(21)25(30)31/h1-12H/b16-11+. The third kappa shape index (κ3) is 4.71. The van der Waals surface area contributed by atoms with E-state index in [1.165, 1.54) is 36.4 Å². The summed E-state index contributed by atoms with van der Waals surface area (Å²) in [4.78, 5) is 31.0. The van der Waals surface area contributed by atoms with Crippen molar-refractivity contribution in [1.82, 2.24) is 0 Å². The minimum absolute atomic E-state index is 0.125. The van der Waals surface area contributed by atoms with Gasteiger partial charge >= 0.3 is 5.69 Å². The van der Waals surface area contributed by atoms with Gasteiger partial charge in [0.2, 0.25) is 5.75 Å².